The fourth-order valence-corrected chi connectivity index (χ4v) is 4.88. The molecule has 0 saturated heterocycles. The molecule has 0 aromatic rings. The van der Waals surface area contributed by atoms with Crippen LogP contribution < -0.4 is 0 Å². The molecule has 72 heavy (non-hydrogen) atoms. The van der Waals surface area contributed by atoms with Gasteiger partial charge in [0.25, 0.3) is 0 Å². The average molecular weight is 1040 g/mol. The Bertz CT molecular complexity index is 1550. The summed E-state index contributed by atoms with van der Waals surface area (Å²) in [5, 5.41) is 0. The molecule has 0 fully saturated rings. The molecule has 0 heterocycles. The fraction of sp³-hybridized carbons (Fsp3) is 0.739. The number of ketones is 1. The van der Waals surface area contributed by atoms with Gasteiger partial charge in [0.1, 0.15) is 38.8 Å². The van der Waals surface area contributed by atoms with Gasteiger partial charge in [-0.3, -0.25) is 14.4 Å². The molecule has 0 saturated carbocycles. The van der Waals surface area contributed by atoms with E-state index in [4.69, 9.17) is 37.9 Å². The number of rotatable bonds is 43. The lowest BCUT2D eigenvalue weighted by Crippen LogP contribution is -2.23. The summed E-state index contributed by atoms with van der Waals surface area (Å²) in [5.41, 5.74) is 0. The molecular formula is C46H72O26. The lowest BCUT2D eigenvalue weighted by molar-refractivity contribution is -0.166. The van der Waals surface area contributed by atoms with Crippen LogP contribution in [0.5, 0.6) is 0 Å². The van der Waals surface area contributed by atoms with Gasteiger partial charge >= 0.3 is 65.7 Å². The number of unbranched alkanes of at least 4 members (excludes halogenated alkanes) is 8. The van der Waals surface area contributed by atoms with E-state index in [1.165, 1.54) is 28.3 Å². The number of methoxy groups -OCH3 is 3. The van der Waals surface area contributed by atoms with Crippen LogP contribution in [0.25, 0.3) is 0 Å². The molecule has 0 N–H and O–H groups in total. The Balaban J connectivity index is 0. The highest BCUT2D eigenvalue weighted by molar-refractivity contribution is 5.80. The van der Waals surface area contributed by atoms with E-state index in [0.717, 1.165) is 12.8 Å². The average Bonchev–Trinajstić information content (AvgIpc) is 3.35. The lowest BCUT2D eigenvalue weighted by Gasteiger charge is -2.08. The molecule has 0 unspecified atom stereocenters. The molecule has 26 nitrogen and oxygen atoms in total. The number of ether oxygens (including phenoxy) is 14. The quantitative estimate of drug-likeness (QED) is 0.0477. The molecular weight excluding hydrogens is 968 g/mol. The van der Waals surface area contributed by atoms with Crippen LogP contribution in [0, 0.1) is 0 Å². The summed E-state index contributed by atoms with van der Waals surface area (Å²) >= 11 is 0. The first kappa shape index (κ1) is 67.8. The molecule has 0 bridgehead atoms. The van der Waals surface area contributed by atoms with Crippen LogP contribution in [0.2, 0.25) is 0 Å². The van der Waals surface area contributed by atoms with E-state index < -0.39 is 101 Å². The largest absolute Gasteiger partial charge is 0.469 e. The van der Waals surface area contributed by atoms with E-state index in [2.05, 4.69) is 28.4 Å². The topological polar surface area (TPSA) is 334 Å². The van der Waals surface area contributed by atoms with Gasteiger partial charge in [-0.05, 0) is 84.0 Å². The molecule has 0 radical (unpaired) electrons. The molecule has 0 spiro atoms. The van der Waals surface area contributed by atoms with E-state index in [0.29, 0.717) is 90.1 Å². The van der Waals surface area contributed by atoms with Crippen molar-refractivity contribution in [2.45, 2.75) is 110 Å². The Kier molecular flexibility index (Phi) is 45.5. The summed E-state index contributed by atoms with van der Waals surface area (Å²) in [6.45, 7) is -2.25. The van der Waals surface area contributed by atoms with Gasteiger partial charge in [-0.1, -0.05) is 0 Å². The Morgan fingerprint density at radius 2 is 0.514 bits per heavy atom. The zero-order chi connectivity index (χ0) is 54.0. The summed E-state index contributed by atoms with van der Waals surface area (Å²) in [6, 6.07) is 0. The second-order valence-corrected chi connectivity index (χ2v) is 14.8. The Labute approximate surface area is 418 Å². The van der Waals surface area contributed by atoms with Crippen molar-refractivity contribution < 1.29 is 124 Å². The van der Waals surface area contributed by atoms with Crippen molar-refractivity contribution >= 4 is 71.4 Å². The molecule has 0 rings (SSSR count). The first-order valence-electron chi connectivity index (χ1n) is 23.2. The van der Waals surface area contributed by atoms with Crippen molar-refractivity contribution in [3.05, 3.63) is 0 Å². The Hall–Kier alpha value is -6.28. The standard InChI is InChI=1S/C24H38O13.C22H34O13/c1-19(25)9-5-3-7-11-33-23(29)17-36-21(27)15-32-16-22(28)37-18-24(30)34-12-8-4-6-10-20(26)35-14-13-31-2;1-29-17(23)9-5-3-7-11-32-21(27)15-34-19(25)13-31-14-20(26)35-16-22(28)33-12-8-4-6-10-18(24)30-2/h3-18H2,1-2H3;3-16H2,1-2H3. The molecule has 0 aliphatic heterocycles. The number of carbonyl (C=O) groups excluding carboxylic acids is 12. The summed E-state index contributed by atoms with van der Waals surface area (Å²) < 4.78 is 66.5. The van der Waals surface area contributed by atoms with Crippen molar-refractivity contribution in [1.82, 2.24) is 0 Å². The molecule has 0 aromatic heterocycles. The van der Waals surface area contributed by atoms with Gasteiger partial charge in [-0.15, -0.1) is 0 Å². The molecule has 26 heteroatoms. The minimum absolute atomic E-state index is 0.108. The first-order valence-corrected chi connectivity index (χ1v) is 23.2. The van der Waals surface area contributed by atoms with Crippen molar-refractivity contribution in [2.75, 3.05) is 114 Å². The second-order valence-electron chi connectivity index (χ2n) is 14.8. The monoisotopic (exact) mass is 1040 g/mol. The highest BCUT2D eigenvalue weighted by Gasteiger charge is 2.15. The number of Topliss-reactive ketones (excluding diaryl/α,β-unsaturated/α-hetero) is 1. The van der Waals surface area contributed by atoms with Gasteiger partial charge in [0.05, 0.1) is 47.3 Å². The molecule has 0 aliphatic carbocycles. The third kappa shape index (κ3) is 50.1. The van der Waals surface area contributed by atoms with E-state index in [9.17, 15) is 57.5 Å². The second kappa shape index (κ2) is 48.4. The van der Waals surface area contributed by atoms with Gasteiger partial charge < -0.3 is 71.1 Å². The SMILES string of the molecule is COC(=O)CCCCCOC(=O)COC(=O)COCC(=O)OCC(=O)OCCCCCC(=O)OC.COCCOC(=O)CCCCCOC(=O)COC(=O)COCC(=O)OCC(=O)OCCCCCC(C)=O. The lowest BCUT2D eigenvalue weighted by atomic mass is 10.1. The van der Waals surface area contributed by atoms with Crippen LogP contribution in [0.4, 0.5) is 0 Å². The van der Waals surface area contributed by atoms with E-state index in [1.807, 2.05) is 0 Å². The summed E-state index contributed by atoms with van der Waals surface area (Å²) in [4.78, 5) is 136. The van der Waals surface area contributed by atoms with Crippen LogP contribution >= 0.6 is 0 Å². The third-order valence-corrected chi connectivity index (χ3v) is 8.59. The zero-order valence-corrected chi connectivity index (χ0v) is 41.8. The van der Waals surface area contributed by atoms with Crippen molar-refractivity contribution in [3.63, 3.8) is 0 Å². The van der Waals surface area contributed by atoms with Gasteiger partial charge in [0.2, 0.25) is 0 Å². The Morgan fingerprint density at radius 1 is 0.250 bits per heavy atom. The van der Waals surface area contributed by atoms with Gasteiger partial charge in [0, 0.05) is 32.8 Å². The minimum atomic E-state index is -0.889. The van der Waals surface area contributed by atoms with E-state index in [1.54, 1.807) is 0 Å². The minimum Gasteiger partial charge on any atom is -0.469 e. The first-order chi connectivity index (χ1) is 34.5. The van der Waals surface area contributed by atoms with E-state index in [-0.39, 0.29) is 63.1 Å². The van der Waals surface area contributed by atoms with Gasteiger partial charge in [-0.2, -0.15) is 0 Å². The van der Waals surface area contributed by atoms with Crippen molar-refractivity contribution in [3.8, 4) is 0 Å². The molecule has 412 valence electrons. The van der Waals surface area contributed by atoms with Gasteiger partial charge in [-0.25, -0.2) is 38.4 Å². The molecule has 0 aliphatic rings. The highest BCUT2D eigenvalue weighted by Crippen LogP contribution is 2.05. The zero-order valence-electron chi connectivity index (χ0n) is 41.8. The summed E-state index contributed by atoms with van der Waals surface area (Å²) in [6.07, 6.45) is 8.82. The van der Waals surface area contributed by atoms with Gasteiger partial charge in [0.15, 0.2) is 26.4 Å². The predicted molar refractivity (Wildman–Crippen MR) is 241 cm³/mol. The number of hydrogen-bond acceptors (Lipinski definition) is 26. The maximum Gasteiger partial charge on any atom is 0.344 e. The van der Waals surface area contributed by atoms with Crippen LogP contribution in [-0.2, 0) is 124 Å². The fourth-order valence-electron chi connectivity index (χ4n) is 4.88. The maximum absolute atomic E-state index is 11.6. The predicted octanol–water partition coefficient (Wildman–Crippen LogP) is 1.72. The maximum atomic E-state index is 11.6. The number of esters is 11. The Morgan fingerprint density at radius 3 is 0.792 bits per heavy atom. The normalized spacial score (nSPS) is 10.2. The van der Waals surface area contributed by atoms with Crippen LogP contribution in [0.1, 0.15) is 110 Å². The number of carbonyl (C=O) groups is 12. The summed E-state index contributed by atoms with van der Waals surface area (Å²) in [7, 11) is 4.13. The highest BCUT2D eigenvalue weighted by atomic mass is 16.6. The summed E-state index contributed by atoms with van der Waals surface area (Å²) in [5.74, 6) is -7.32. The number of hydrogen-bond donors (Lipinski definition) is 0. The molecule has 0 amide bonds. The smallest absolute Gasteiger partial charge is 0.344 e. The third-order valence-electron chi connectivity index (χ3n) is 8.59. The van der Waals surface area contributed by atoms with Crippen molar-refractivity contribution in [1.29, 1.82) is 0 Å². The van der Waals surface area contributed by atoms with Crippen molar-refractivity contribution in [2.24, 2.45) is 0 Å². The molecule has 0 atom stereocenters. The molecule has 0 aromatic carbocycles. The van der Waals surface area contributed by atoms with Crippen LogP contribution in [0.15, 0.2) is 0 Å². The van der Waals surface area contributed by atoms with Crippen LogP contribution in [0.3, 0.4) is 0 Å². The van der Waals surface area contributed by atoms with E-state index >= 15 is 0 Å². The van der Waals surface area contributed by atoms with Crippen LogP contribution in [-0.4, -0.2) is 185 Å².